The van der Waals surface area contributed by atoms with Crippen molar-refractivity contribution >= 4 is 5.91 Å². The lowest BCUT2D eigenvalue weighted by atomic mass is 10.2. The summed E-state index contributed by atoms with van der Waals surface area (Å²) in [4.78, 5) is 17.5. The summed E-state index contributed by atoms with van der Waals surface area (Å²) in [6.45, 7) is 1.90. The average molecular weight is 259 g/mol. The summed E-state index contributed by atoms with van der Waals surface area (Å²) >= 11 is 0. The fourth-order valence-electron chi connectivity index (χ4n) is 1.60. The lowest BCUT2D eigenvalue weighted by Crippen LogP contribution is -2.22. The zero-order valence-corrected chi connectivity index (χ0v) is 11.2. The Kier molecular flexibility index (Phi) is 3.62. The molecule has 6 heteroatoms. The minimum atomic E-state index is -0.133. The van der Waals surface area contributed by atoms with Gasteiger partial charge < -0.3 is 10.6 Å². The largest absolute Gasteiger partial charge is 0.343 e. The molecule has 2 rings (SSSR count). The van der Waals surface area contributed by atoms with Crippen molar-refractivity contribution in [1.29, 1.82) is 0 Å². The average Bonchev–Trinajstić information content (AvgIpc) is 2.87. The minimum Gasteiger partial charge on any atom is -0.343 e. The van der Waals surface area contributed by atoms with Gasteiger partial charge in [-0.15, -0.1) is 0 Å². The molecule has 0 spiro atoms. The molecule has 6 nitrogen and oxygen atoms in total. The van der Waals surface area contributed by atoms with Crippen molar-refractivity contribution < 1.29 is 4.79 Å². The summed E-state index contributed by atoms with van der Waals surface area (Å²) in [5, 5.41) is 4.21. The molecule has 0 saturated carbocycles. The van der Waals surface area contributed by atoms with Crippen LogP contribution in [0.15, 0.2) is 30.6 Å². The van der Waals surface area contributed by atoms with E-state index in [0.29, 0.717) is 11.5 Å². The maximum atomic E-state index is 11.7. The maximum Gasteiger partial charge on any atom is 0.273 e. The van der Waals surface area contributed by atoms with Crippen molar-refractivity contribution in [2.75, 3.05) is 14.1 Å². The predicted octanol–water partition coefficient (Wildman–Crippen LogP) is 0.989. The van der Waals surface area contributed by atoms with E-state index in [2.05, 4.69) is 10.1 Å². The fourth-order valence-corrected chi connectivity index (χ4v) is 1.60. The zero-order valence-electron chi connectivity index (χ0n) is 11.2. The van der Waals surface area contributed by atoms with Gasteiger partial charge in [-0.1, -0.05) is 6.07 Å². The van der Waals surface area contributed by atoms with Gasteiger partial charge >= 0.3 is 0 Å². The molecular formula is C13H17N5O. The van der Waals surface area contributed by atoms with E-state index in [4.69, 9.17) is 5.73 Å². The number of nitrogens with two attached hydrogens (primary N) is 1. The Morgan fingerprint density at radius 3 is 2.63 bits per heavy atom. The van der Waals surface area contributed by atoms with E-state index in [9.17, 15) is 4.79 Å². The summed E-state index contributed by atoms with van der Waals surface area (Å²) in [6, 6.07) is 5.35. The highest BCUT2D eigenvalue weighted by Gasteiger charge is 2.12. The van der Waals surface area contributed by atoms with Crippen LogP contribution in [0, 0.1) is 0 Å². The lowest BCUT2D eigenvalue weighted by Gasteiger charge is -2.07. The minimum absolute atomic E-state index is 0.0509. The highest BCUT2D eigenvalue weighted by atomic mass is 16.2. The first-order valence-corrected chi connectivity index (χ1v) is 5.98. The molecule has 2 N–H and O–H groups in total. The second-order valence-electron chi connectivity index (χ2n) is 4.58. The van der Waals surface area contributed by atoms with Crippen LogP contribution in [-0.2, 0) is 0 Å². The van der Waals surface area contributed by atoms with Gasteiger partial charge in [-0.25, -0.2) is 9.67 Å². The molecule has 0 aromatic carbocycles. The third-order valence-electron chi connectivity index (χ3n) is 2.75. The highest BCUT2D eigenvalue weighted by Crippen LogP contribution is 2.11. The molecule has 0 bridgehead atoms. The number of aromatic nitrogens is 3. The number of nitrogens with zero attached hydrogens (tertiary/aromatic N) is 4. The fraction of sp³-hybridized carbons (Fsp3) is 0.308. The van der Waals surface area contributed by atoms with Crippen LogP contribution in [0.25, 0.3) is 5.82 Å². The summed E-state index contributed by atoms with van der Waals surface area (Å²) in [7, 11) is 3.38. The molecule has 0 aliphatic heterocycles. The summed E-state index contributed by atoms with van der Waals surface area (Å²) in [5.74, 6) is 0.521. The molecule has 0 fully saturated rings. The first-order valence-electron chi connectivity index (χ1n) is 5.98. The Bertz CT molecular complexity index is 571. The SMILES string of the molecule is C[C@@H](N)c1ccc(-n2ccc(C(=O)N(C)C)n2)nc1. The van der Waals surface area contributed by atoms with Gasteiger partial charge in [0.15, 0.2) is 11.5 Å². The van der Waals surface area contributed by atoms with E-state index in [1.807, 2.05) is 19.1 Å². The monoisotopic (exact) mass is 259 g/mol. The number of carbonyl (C=O) groups excluding carboxylic acids is 1. The van der Waals surface area contributed by atoms with Crippen molar-refractivity contribution in [2.24, 2.45) is 5.73 Å². The summed E-state index contributed by atoms with van der Waals surface area (Å²) in [5.41, 5.74) is 7.12. The summed E-state index contributed by atoms with van der Waals surface area (Å²) in [6.07, 6.45) is 3.43. The van der Waals surface area contributed by atoms with Gasteiger partial charge in [-0.2, -0.15) is 5.10 Å². The molecule has 2 aromatic heterocycles. The van der Waals surface area contributed by atoms with Crippen LogP contribution in [0.1, 0.15) is 29.0 Å². The Morgan fingerprint density at radius 1 is 1.37 bits per heavy atom. The van der Waals surface area contributed by atoms with Crippen molar-refractivity contribution in [3.8, 4) is 5.82 Å². The number of amides is 1. The van der Waals surface area contributed by atoms with E-state index < -0.39 is 0 Å². The lowest BCUT2D eigenvalue weighted by molar-refractivity contribution is 0.0821. The van der Waals surface area contributed by atoms with E-state index in [1.165, 1.54) is 4.90 Å². The molecule has 0 saturated heterocycles. The molecule has 1 amide bonds. The number of pyridine rings is 1. The van der Waals surface area contributed by atoms with Crippen LogP contribution < -0.4 is 5.73 Å². The molecule has 100 valence electrons. The second kappa shape index (κ2) is 5.19. The third-order valence-corrected chi connectivity index (χ3v) is 2.75. The van der Waals surface area contributed by atoms with Crippen LogP contribution in [-0.4, -0.2) is 39.7 Å². The van der Waals surface area contributed by atoms with Gasteiger partial charge in [0.25, 0.3) is 5.91 Å². The molecule has 2 heterocycles. The van der Waals surface area contributed by atoms with E-state index >= 15 is 0 Å². The van der Waals surface area contributed by atoms with E-state index in [0.717, 1.165) is 5.56 Å². The van der Waals surface area contributed by atoms with E-state index in [-0.39, 0.29) is 11.9 Å². The van der Waals surface area contributed by atoms with Crippen LogP contribution in [0.4, 0.5) is 0 Å². The number of hydrogen-bond donors (Lipinski definition) is 1. The second-order valence-corrected chi connectivity index (χ2v) is 4.58. The van der Waals surface area contributed by atoms with Crippen LogP contribution in [0.2, 0.25) is 0 Å². The normalized spacial score (nSPS) is 12.2. The predicted molar refractivity (Wildman–Crippen MR) is 72.0 cm³/mol. The topological polar surface area (TPSA) is 77.0 Å². The Balaban J connectivity index is 2.25. The van der Waals surface area contributed by atoms with Gasteiger partial charge in [0, 0.05) is 32.5 Å². The van der Waals surface area contributed by atoms with Crippen LogP contribution >= 0.6 is 0 Å². The van der Waals surface area contributed by atoms with Crippen LogP contribution in [0.5, 0.6) is 0 Å². The first-order chi connectivity index (χ1) is 8.99. The quantitative estimate of drug-likeness (QED) is 0.891. The molecule has 19 heavy (non-hydrogen) atoms. The van der Waals surface area contributed by atoms with Crippen molar-refractivity contribution in [3.63, 3.8) is 0 Å². The maximum absolute atomic E-state index is 11.7. The van der Waals surface area contributed by atoms with Gasteiger partial charge in [0.2, 0.25) is 0 Å². The van der Waals surface area contributed by atoms with Crippen LogP contribution in [0.3, 0.4) is 0 Å². The Hall–Kier alpha value is -2.21. The smallest absolute Gasteiger partial charge is 0.273 e. The van der Waals surface area contributed by atoms with Crippen molar-refractivity contribution in [3.05, 3.63) is 41.9 Å². The number of rotatable bonds is 3. The molecular weight excluding hydrogens is 242 g/mol. The van der Waals surface area contributed by atoms with Gasteiger partial charge in [-0.3, -0.25) is 4.79 Å². The molecule has 0 aliphatic carbocycles. The molecule has 1 atom stereocenters. The van der Waals surface area contributed by atoms with Crippen molar-refractivity contribution in [1.82, 2.24) is 19.7 Å². The Morgan fingerprint density at radius 2 is 2.11 bits per heavy atom. The Labute approximate surface area is 111 Å². The highest BCUT2D eigenvalue weighted by molar-refractivity contribution is 5.91. The number of hydrogen-bond acceptors (Lipinski definition) is 4. The first kappa shape index (κ1) is 13.2. The third kappa shape index (κ3) is 2.79. The van der Waals surface area contributed by atoms with Gasteiger partial charge in [0.05, 0.1) is 0 Å². The van der Waals surface area contributed by atoms with Gasteiger partial charge in [-0.05, 0) is 24.6 Å². The number of carbonyl (C=O) groups is 1. The van der Waals surface area contributed by atoms with Crippen molar-refractivity contribution in [2.45, 2.75) is 13.0 Å². The molecule has 2 aromatic rings. The zero-order chi connectivity index (χ0) is 14.0. The van der Waals surface area contributed by atoms with Gasteiger partial charge in [0.1, 0.15) is 0 Å². The summed E-state index contributed by atoms with van der Waals surface area (Å²) < 4.78 is 1.57. The molecule has 0 unspecified atom stereocenters. The molecule has 0 aliphatic rings. The standard InChI is InChI=1S/C13H17N5O/c1-9(14)10-4-5-12(15-8-10)18-7-6-11(16-18)13(19)17(2)3/h4-9H,14H2,1-3H3/t9-/m1/s1. The molecule has 0 radical (unpaired) electrons. The van der Waals surface area contributed by atoms with E-state index in [1.54, 1.807) is 37.2 Å².